The minimum absolute atomic E-state index is 0.196. The van der Waals surface area contributed by atoms with Gasteiger partial charge in [-0.15, -0.1) is 11.8 Å². The molecule has 168 valence electrons. The Morgan fingerprint density at radius 2 is 1.94 bits per heavy atom. The number of anilines is 1. The Hall–Kier alpha value is -3.03. The molecule has 1 fully saturated rings. The van der Waals surface area contributed by atoms with Crippen molar-refractivity contribution in [1.82, 2.24) is 4.90 Å². The van der Waals surface area contributed by atoms with Crippen molar-refractivity contribution < 1.29 is 18.7 Å². The van der Waals surface area contributed by atoms with Crippen LogP contribution in [-0.4, -0.2) is 36.1 Å². The Bertz CT molecular complexity index is 1250. The third-order valence-corrected chi connectivity index (χ3v) is 7.64. The van der Waals surface area contributed by atoms with Gasteiger partial charge in [0.25, 0.3) is 11.8 Å². The van der Waals surface area contributed by atoms with Gasteiger partial charge in [0.05, 0.1) is 19.3 Å². The Kier molecular flexibility index (Phi) is 5.54. The quantitative estimate of drug-likeness (QED) is 0.520. The predicted molar refractivity (Wildman–Crippen MR) is 127 cm³/mol. The Morgan fingerprint density at radius 3 is 2.67 bits per heavy atom. The van der Waals surface area contributed by atoms with Crippen LogP contribution in [0.2, 0.25) is 5.02 Å². The first-order valence-electron chi connectivity index (χ1n) is 10.4. The van der Waals surface area contributed by atoms with Gasteiger partial charge in [-0.2, -0.15) is 0 Å². The molecule has 5 rings (SSSR count). The van der Waals surface area contributed by atoms with E-state index in [-0.39, 0.29) is 24.2 Å². The van der Waals surface area contributed by atoms with Crippen molar-refractivity contribution >= 4 is 40.9 Å². The Labute approximate surface area is 200 Å². The molecule has 0 radical (unpaired) electrons. The number of hydrogen-bond donors (Lipinski definition) is 0. The molecule has 0 saturated carbocycles. The molecule has 5 nitrogen and oxygen atoms in total. The number of halogens is 2. The van der Waals surface area contributed by atoms with Gasteiger partial charge in [0.15, 0.2) is 4.87 Å². The summed E-state index contributed by atoms with van der Waals surface area (Å²) < 4.78 is 19.3. The van der Waals surface area contributed by atoms with Gasteiger partial charge in [0.1, 0.15) is 11.6 Å². The first-order chi connectivity index (χ1) is 15.9. The molecule has 3 aromatic rings. The molecule has 33 heavy (non-hydrogen) atoms. The topological polar surface area (TPSA) is 49.9 Å². The van der Waals surface area contributed by atoms with E-state index in [9.17, 15) is 14.0 Å². The zero-order valence-electron chi connectivity index (χ0n) is 17.8. The molecule has 0 N–H and O–H groups in total. The molecule has 2 amide bonds. The normalized spacial score (nSPS) is 19.3. The van der Waals surface area contributed by atoms with Gasteiger partial charge < -0.3 is 14.5 Å². The van der Waals surface area contributed by atoms with E-state index < -0.39 is 4.87 Å². The second kappa shape index (κ2) is 8.39. The van der Waals surface area contributed by atoms with Gasteiger partial charge in [0.2, 0.25) is 0 Å². The standard InChI is InChI=1S/C25H20ClFN2O3S/c1-32-20-9-10-22-21(14-20)25(24(31)28(22)15-16-3-2-4-19(27)13-16)29(11-12-33-25)23(30)17-5-7-18(26)8-6-17/h2-10,13-14H,11-12,15H2,1H3/t25-/m1/s1. The number of rotatable bonds is 4. The summed E-state index contributed by atoms with van der Waals surface area (Å²) in [6.45, 7) is 0.615. The number of thioether (sulfide) groups is 1. The lowest BCUT2D eigenvalue weighted by Crippen LogP contribution is -2.50. The largest absolute Gasteiger partial charge is 0.497 e. The fourth-order valence-corrected chi connectivity index (χ4v) is 6.02. The van der Waals surface area contributed by atoms with Gasteiger partial charge in [-0.25, -0.2) is 4.39 Å². The third-order valence-electron chi connectivity index (χ3n) is 5.97. The first kappa shape index (κ1) is 21.8. The number of carbonyl (C=O) groups excluding carboxylic acids is 2. The number of nitrogens with zero attached hydrogens (tertiary/aromatic N) is 2. The van der Waals surface area contributed by atoms with E-state index in [1.165, 1.54) is 23.9 Å². The van der Waals surface area contributed by atoms with E-state index in [1.807, 2.05) is 12.1 Å². The van der Waals surface area contributed by atoms with Crippen LogP contribution in [0.4, 0.5) is 10.1 Å². The third kappa shape index (κ3) is 3.56. The van der Waals surface area contributed by atoms with Crippen LogP contribution in [0.3, 0.4) is 0 Å². The molecular formula is C25H20ClFN2O3S. The summed E-state index contributed by atoms with van der Waals surface area (Å²) >= 11 is 7.43. The van der Waals surface area contributed by atoms with Crippen LogP contribution in [0.5, 0.6) is 5.75 Å². The molecule has 1 spiro atoms. The summed E-state index contributed by atoms with van der Waals surface area (Å²) in [6.07, 6.45) is 0. The molecular weight excluding hydrogens is 463 g/mol. The highest BCUT2D eigenvalue weighted by atomic mass is 35.5. The van der Waals surface area contributed by atoms with Crippen LogP contribution in [-0.2, 0) is 16.2 Å². The molecule has 0 unspecified atom stereocenters. The fraction of sp³-hybridized carbons (Fsp3) is 0.200. The average molecular weight is 483 g/mol. The number of carbonyl (C=O) groups is 2. The van der Waals surface area contributed by atoms with Crippen LogP contribution < -0.4 is 9.64 Å². The minimum Gasteiger partial charge on any atom is -0.497 e. The van der Waals surface area contributed by atoms with Crippen LogP contribution in [0.15, 0.2) is 66.7 Å². The fourth-order valence-electron chi connectivity index (χ4n) is 4.44. The van der Waals surface area contributed by atoms with Gasteiger partial charge >= 0.3 is 0 Å². The van der Waals surface area contributed by atoms with Crippen LogP contribution in [0.25, 0.3) is 0 Å². The second-order valence-electron chi connectivity index (χ2n) is 7.86. The van der Waals surface area contributed by atoms with E-state index in [4.69, 9.17) is 16.3 Å². The maximum Gasteiger partial charge on any atom is 0.268 e. The molecule has 3 aromatic carbocycles. The highest BCUT2D eigenvalue weighted by molar-refractivity contribution is 8.01. The van der Waals surface area contributed by atoms with E-state index in [2.05, 4.69) is 0 Å². The summed E-state index contributed by atoms with van der Waals surface area (Å²) in [4.78, 5) is 29.6. The summed E-state index contributed by atoms with van der Waals surface area (Å²) in [5.74, 6) is 0.375. The molecule has 0 aromatic heterocycles. The first-order valence-corrected chi connectivity index (χ1v) is 11.8. The van der Waals surface area contributed by atoms with Gasteiger partial charge in [-0.05, 0) is 60.2 Å². The van der Waals surface area contributed by atoms with E-state index in [0.29, 0.717) is 45.4 Å². The van der Waals surface area contributed by atoms with E-state index >= 15 is 0 Å². The van der Waals surface area contributed by atoms with Crippen LogP contribution in [0.1, 0.15) is 21.5 Å². The lowest BCUT2D eigenvalue weighted by molar-refractivity contribution is -0.123. The van der Waals surface area contributed by atoms with Crippen molar-refractivity contribution in [2.75, 3.05) is 24.3 Å². The number of amides is 2. The van der Waals surface area contributed by atoms with Gasteiger partial charge in [-0.3, -0.25) is 9.59 Å². The maximum absolute atomic E-state index is 14.0. The number of hydrogen-bond acceptors (Lipinski definition) is 4. The zero-order valence-corrected chi connectivity index (χ0v) is 19.3. The predicted octanol–water partition coefficient (Wildman–Crippen LogP) is 5.08. The molecule has 8 heteroatoms. The highest BCUT2D eigenvalue weighted by Gasteiger charge is 2.59. The monoisotopic (exact) mass is 482 g/mol. The van der Waals surface area contributed by atoms with Crippen molar-refractivity contribution in [3.8, 4) is 5.75 Å². The summed E-state index contributed by atoms with van der Waals surface area (Å²) in [6, 6.07) is 18.3. The smallest absolute Gasteiger partial charge is 0.268 e. The molecule has 0 bridgehead atoms. The van der Waals surface area contributed by atoms with Gasteiger partial charge in [-0.1, -0.05) is 23.7 Å². The van der Waals surface area contributed by atoms with Gasteiger partial charge in [0, 0.05) is 28.4 Å². The molecule has 0 aliphatic carbocycles. The van der Waals surface area contributed by atoms with Crippen molar-refractivity contribution in [2.24, 2.45) is 0 Å². The Morgan fingerprint density at radius 1 is 1.15 bits per heavy atom. The molecule has 2 aliphatic rings. The van der Waals surface area contributed by atoms with E-state index in [1.54, 1.807) is 59.4 Å². The number of benzene rings is 3. The molecule has 1 atom stereocenters. The average Bonchev–Trinajstić information content (AvgIpc) is 3.36. The number of ether oxygens (including phenoxy) is 1. The summed E-state index contributed by atoms with van der Waals surface area (Å²) in [7, 11) is 1.56. The number of methoxy groups -OCH3 is 1. The maximum atomic E-state index is 14.0. The molecule has 2 aliphatic heterocycles. The zero-order chi connectivity index (χ0) is 23.2. The molecule has 1 saturated heterocycles. The number of fused-ring (bicyclic) bond motifs is 2. The Balaban J connectivity index is 1.61. The summed E-state index contributed by atoms with van der Waals surface area (Å²) in [5, 5.41) is 0.533. The summed E-state index contributed by atoms with van der Waals surface area (Å²) in [5.41, 5.74) is 2.52. The SMILES string of the molecule is COc1ccc2c(c1)[C@@]1(SCCN1C(=O)c1ccc(Cl)cc1)C(=O)N2Cc1cccc(F)c1. The lowest BCUT2D eigenvalue weighted by Gasteiger charge is -2.33. The van der Waals surface area contributed by atoms with Crippen LogP contribution >= 0.6 is 23.4 Å². The van der Waals surface area contributed by atoms with Crippen molar-refractivity contribution in [2.45, 2.75) is 11.4 Å². The lowest BCUT2D eigenvalue weighted by atomic mass is 10.0. The second-order valence-corrected chi connectivity index (χ2v) is 9.58. The molecule has 2 heterocycles. The van der Waals surface area contributed by atoms with Crippen molar-refractivity contribution in [3.05, 3.63) is 94.3 Å². The highest BCUT2D eigenvalue weighted by Crippen LogP contribution is 2.55. The van der Waals surface area contributed by atoms with Crippen molar-refractivity contribution in [1.29, 1.82) is 0 Å². The van der Waals surface area contributed by atoms with Crippen LogP contribution in [0, 0.1) is 5.82 Å². The minimum atomic E-state index is -1.21. The van der Waals surface area contributed by atoms with Crippen molar-refractivity contribution in [3.63, 3.8) is 0 Å². The van der Waals surface area contributed by atoms with E-state index in [0.717, 1.165) is 0 Å².